The minimum Gasteiger partial charge on any atom is -0.208 e. The summed E-state index contributed by atoms with van der Waals surface area (Å²) in [6, 6.07) is 63.1. The van der Waals surface area contributed by atoms with E-state index in [9.17, 15) is 0 Å². The lowest BCUT2D eigenvalue weighted by Crippen LogP contribution is -2.15. The second kappa shape index (κ2) is 12.0. The van der Waals surface area contributed by atoms with Gasteiger partial charge in [0.15, 0.2) is 17.5 Å². The zero-order valence-electron chi connectivity index (χ0n) is 30.6. The van der Waals surface area contributed by atoms with E-state index in [0.29, 0.717) is 17.5 Å². The van der Waals surface area contributed by atoms with Gasteiger partial charge in [-0.05, 0) is 88.6 Å². The van der Waals surface area contributed by atoms with Crippen LogP contribution in [-0.2, 0) is 5.41 Å². The maximum absolute atomic E-state index is 5.07. The van der Waals surface area contributed by atoms with Crippen molar-refractivity contribution in [1.29, 1.82) is 0 Å². The quantitative estimate of drug-likeness (QED) is 0.171. The van der Waals surface area contributed by atoms with E-state index in [0.717, 1.165) is 27.5 Å². The molecule has 0 saturated carbocycles. The largest absolute Gasteiger partial charge is 0.208 e. The van der Waals surface area contributed by atoms with Crippen LogP contribution in [0.1, 0.15) is 25.0 Å². The van der Waals surface area contributed by atoms with Gasteiger partial charge in [0, 0.05) is 22.1 Å². The van der Waals surface area contributed by atoms with E-state index in [2.05, 4.69) is 129 Å². The smallest absolute Gasteiger partial charge is 0.164 e. The Hall–Kier alpha value is -6.97. The molecule has 0 fully saturated rings. The van der Waals surface area contributed by atoms with Crippen molar-refractivity contribution in [1.82, 2.24) is 15.0 Å². The minimum atomic E-state index is -0.106. The van der Waals surface area contributed by atoms with Crippen LogP contribution in [0, 0.1) is 0 Å². The molecule has 11 rings (SSSR count). The number of nitrogens with zero attached hydrogens (tertiary/aromatic N) is 3. The summed E-state index contributed by atoms with van der Waals surface area (Å²) in [5.41, 5.74) is 10.7. The van der Waals surface area contributed by atoms with Crippen molar-refractivity contribution in [2.45, 2.75) is 19.3 Å². The molecule has 0 aliphatic heterocycles. The fraction of sp³-hybridized carbons (Fsp3) is 0.0577. The number of rotatable bonds is 4. The molecule has 1 aliphatic carbocycles. The maximum Gasteiger partial charge on any atom is 0.164 e. The van der Waals surface area contributed by atoms with Crippen LogP contribution in [0.25, 0.3) is 99.5 Å². The third kappa shape index (κ3) is 4.86. The van der Waals surface area contributed by atoms with Crippen molar-refractivity contribution in [3.05, 3.63) is 187 Å². The molecule has 0 spiro atoms. The second-order valence-corrected chi connectivity index (χ2v) is 15.2. The SMILES string of the molecule is CC1(C)c2ccccc2-c2ccc3ccc4ccc5cc(-c6ccc(-c7nc(-c8ccccc8)nc(-c8ccccc8)n7)c7ccccc67)ccc5c4c3c21. The molecule has 0 unspecified atom stereocenters. The average molecular weight is 702 g/mol. The fourth-order valence-corrected chi connectivity index (χ4v) is 9.08. The van der Waals surface area contributed by atoms with Gasteiger partial charge < -0.3 is 0 Å². The highest BCUT2D eigenvalue weighted by atomic mass is 15.0. The molecule has 258 valence electrons. The molecule has 0 amide bonds. The van der Waals surface area contributed by atoms with Crippen molar-refractivity contribution < 1.29 is 0 Å². The number of fused-ring (bicyclic) bond motifs is 10. The lowest BCUT2D eigenvalue weighted by atomic mass is 9.79. The number of hydrogen-bond donors (Lipinski definition) is 0. The van der Waals surface area contributed by atoms with E-state index in [1.807, 2.05) is 60.7 Å². The van der Waals surface area contributed by atoms with Gasteiger partial charge in [0.05, 0.1) is 0 Å². The molecule has 0 N–H and O–H groups in total. The first-order valence-electron chi connectivity index (χ1n) is 18.9. The van der Waals surface area contributed by atoms with Crippen LogP contribution in [0.15, 0.2) is 176 Å². The van der Waals surface area contributed by atoms with E-state index in [1.54, 1.807) is 0 Å². The molecule has 10 aromatic rings. The molecule has 0 atom stereocenters. The van der Waals surface area contributed by atoms with Gasteiger partial charge in [-0.2, -0.15) is 0 Å². The summed E-state index contributed by atoms with van der Waals surface area (Å²) in [6.45, 7) is 4.77. The highest BCUT2D eigenvalue weighted by Gasteiger charge is 2.37. The summed E-state index contributed by atoms with van der Waals surface area (Å²) in [7, 11) is 0. The Balaban J connectivity index is 1.09. The highest BCUT2D eigenvalue weighted by Crippen LogP contribution is 2.53. The summed E-state index contributed by atoms with van der Waals surface area (Å²) >= 11 is 0. The van der Waals surface area contributed by atoms with Crippen molar-refractivity contribution in [3.8, 4) is 56.4 Å². The number of benzene rings is 9. The van der Waals surface area contributed by atoms with E-state index in [-0.39, 0.29) is 5.41 Å². The van der Waals surface area contributed by atoms with E-state index in [4.69, 9.17) is 15.0 Å². The molecular weight excluding hydrogens is 667 g/mol. The molecule has 3 nitrogen and oxygen atoms in total. The Bertz CT molecular complexity index is 3110. The van der Waals surface area contributed by atoms with E-state index >= 15 is 0 Å². The van der Waals surface area contributed by atoms with Gasteiger partial charge in [0.2, 0.25) is 0 Å². The molecule has 9 aromatic carbocycles. The lowest BCUT2D eigenvalue weighted by molar-refractivity contribution is 0.666. The monoisotopic (exact) mass is 701 g/mol. The fourth-order valence-electron chi connectivity index (χ4n) is 9.08. The Kier molecular flexibility index (Phi) is 6.90. The molecule has 0 saturated heterocycles. The van der Waals surface area contributed by atoms with Crippen molar-refractivity contribution in [3.63, 3.8) is 0 Å². The van der Waals surface area contributed by atoms with Crippen molar-refractivity contribution >= 4 is 43.1 Å². The molecule has 0 bridgehead atoms. The lowest BCUT2D eigenvalue weighted by Gasteiger charge is -2.24. The van der Waals surface area contributed by atoms with Gasteiger partial charge in [-0.25, -0.2) is 15.0 Å². The van der Waals surface area contributed by atoms with Crippen LogP contribution in [0.5, 0.6) is 0 Å². The van der Waals surface area contributed by atoms with Crippen LogP contribution < -0.4 is 0 Å². The topological polar surface area (TPSA) is 38.7 Å². The third-order valence-electron chi connectivity index (χ3n) is 11.7. The number of aromatic nitrogens is 3. The molecular formula is C52H35N3. The molecule has 3 heteroatoms. The third-order valence-corrected chi connectivity index (χ3v) is 11.7. The van der Waals surface area contributed by atoms with Gasteiger partial charge >= 0.3 is 0 Å². The highest BCUT2D eigenvalue weighted by molar-refractivity contribution is 6.23. The first-order valence-corrected chi connectivity index (χ1v) is 18.9. The Morgan fingerprint density at radius 2 is 0.873 bits per heavy atom. The van der Waals surface area contributed by atoms with Gasteiger partial charge in [-0.3, -0.25) is 0 Å². The molecule has 0 radical (unpaired) electrons. The summed E-state index contributed by atoms with van der Waals surface area (Å²) < 4.78 is 0. The van der Waals surface area contributed by atoms with Gasteiger partial charge in [0.25, 0.3) is 0 Å². The maximum atomic E-state index is 5.07. The molecule has 55 heavy (non-hydrogen) atoms. The Labute approximate surface area is 319 Å². The van der Waals surface area contributed by atoms with Crippen LogP contribution in [-0.4, -0.2) is 15.0 Å². The first-order chi connectivity index (χ1) is 27.0. The average Bonchev–Trinajstić information content (AvgIpc) is 3.49. The van der Waals surface area contributed by atoms with Crippen LogP contribution >= 0.6 is 0 Å². The predicted molar refractivity (Wildman–Crippen MR) is 229 cm³/mol. The number of hydrogen-bond acceptors (Lipinski definition) is 3. The molecule has 1 aromatic heterocycles. The molecule has 1 heterocycles. The second-order valence-electron chi connectivity index (χ2n) is 15.2. The normalized spacial score (nSPS) is 13.1. The van der Waals surface area contributed by atoms with Crippen LogP contribution in [0.4, 0.5) is 0 Å². The predicted octanol–water partition coefficient (Wildman–Crippen LogP) is 13.5. The summed E-state index contributed by atoms with van der Waals surface area (Å²) in [4.78, 5) is 15.1. The van der Waals surface area contributed by atoms with E-state index in [1.165, 1.54) is 65.7 Å². The zero-order chi connectivity index (χ0) is 36.7. The van der Waals surface area contributed by atoms with Crippen molar-refractivity contribution in [2.75, 3.05) is 0 Å². The summed E-state index contributed by atoms with van der Waals surface area (Å²) in [5, 5.41) is 10.0. The van der Waals surface area contributed by atoms with Crippen LogP contribution in [0.3, 0.4) is 0 Å². The zero-order valence-corrected chi connectivity index (χ0v) is 30.6. The van der Waals surface area contributed by atoms with E-state index < -0.39 is 0 Å². The summed E-state index contributed by atoms with van der Waals surface area (Å²) in [5.74, 6) is 1.97. The molecule has 1 aliphatic rings. The standard InChI is InChI=1S/C52H35N3/c1-52(2)45-20-12-11-19-42(45)43-28-25-33-22-21-32-23-24-37-31-36(26-27-39(37)46(32)47(33)48(43)52)38-29-30-44(41-18-10-9-17-40(38)41)51-54-49(34-13-5-3-6-14-34)53-50(55-51)35-15-7-4-8-16-35/h3-31H,1-2H3. The summed E-state index contributed by atoms with van der Waals surface area (Å²) in [6.07, 6.45) is 0. The van der Waals surface area contributed by atoms with Gasteiger partial charge in [-0.15, -0.1) is 0 Å². The Morgan fingerprint density at radius 1 is 0.345 bits per heavy atom. The first kappa shape index (κ1) is 31.5. The minimum absolute atomic E-state index is 0.106. The van der Waals surface area contributed by atoms with Gasteiger partial charge in [-0.1, -0.05) is 178 Å². The van der Waals surface area contributed by atoms with Crippen LogP contribution in [0.2, 0.25) is 0 Å². The van der Waals surface area contributed by atoms with Gasteiger partial charge in [0.1, 0.15) is 0 Å². The van der Waals surface area contributed by atoms with Crippen molar-refractivity contribution in [2.24, 2.45) is 0 Å². The Morgan fingerprint density at radius 3 is 1.58 bits per heavy atom.